The summed E-state index contributed by atoms with van der Waals surface area (Å²) in [5, 5.41) is 11.3. The molecule has 2 aliphatic rings. The molecule has 0 amide bonds. The van der Waals surface area contributed by atoms with Gasteiger partial charge in [-0.05, 0) is 18.8 Å². The lowest BCUT2D eigenvalue weighted by Crippen LogP contribution is -2.41. The topological polar surface area (TPSA) is 108 Å². The Bertz CT molecular complexity index is 749. The molecule has 1 saturated carbocycles. The van der Waals surface area contributed by atoms with E-state index in [1.54, 1.807) is 0 Å². The first-order valence-corrected chi connectivity index (χ1v) is 9.47. The van der Waals surface area contributed by atoms with E-state index in [2.05, 4.69) is 4.72 Å². The number of sulfonamides is 1. The van der Waals surface area contributed by atoms with Crippen molar-refractivity contribution in [1.82, 2.24) is 4.72 Å². The van der Waals surface area contributed by atoms with Gasteiger partial charge >= 0.3 is 0 Å². The van der Waals surface area contributed by atoms with Crippen molar-refractivity contribution in [2.45, 2.75) is 43.5 Å². The summed E-state index contributed by atoms with van der Waals surface area (Å²) in [6.07, 6.45) is 3.69. The van der Waals surface area contributed by atoms with Crippen LogP contribution in [0.3, 0.4) is 0 Å². The largest absolute Gasteiger partial charge is 0.486 e. The first-order valence-electron chi connectivity index (χ1n) is 7.99. The second-order valence-electron chi connectivity index (χ2n) is 6.21. The Morgan fingerprint density at radius 2 is 1.79 bits per heavy atom. The number of nitrogens with zero attached hydrogens (tertiary/aromatic N) is 1. The van der Waals surface area contributed by atoms with E-state index in [0.29, 0.717) is 0 Å². The second-order valence-corrected chi connectivity index (χ2v) is 7.89. The molecule has 1 aliphatic heterocycles. The first kappa shape index (κ1) is 17.0. The second kappa shape index (κ2) is 6.56. The molecule has 1 heterocycles. The van der Waals surface area contributed by atoms with Gasteiger partial charge in [-0.1, -0.05) is 19.8 Å². The Labute approximate surface area is 140 Å². The summed E-state index contributed by atoms with van der Waals surface area (Å²) < 4.78 is 38.8. The number of nitro benzene ring substituents is 1. The van der Waals surface area contributed by atoms with Crippen molar-refractivity contribution in [3.63, 3.8) is 0 Å². The standard InChI is InChI=1S/C15H20N2O6S/c1-10-4-2-3-5-11(10)16-24(20,21)15-9-14-13(22-6-7-23-14)8-12(15)17(18)19/h8-11,16H,2-7H2,1H3/t10-,11+/m1/s1. The lowest BCUT2D eigenvalue weighted by molar-refractivity contribution is -0.388. The molecule has 0 aromatic heterocycles. The fourth-order valence-electron chi connectivity index (χ4n) is 3.17. The summed E-state index contributed by atoms with van der Waals surface area (Å²) in [5.74, 6) is 0.603. The zero-order chi connectivity index (χ0) is 17.3. The summed E-state index contributed by atoms with van der Waals surface area (Å²) in [7, 11) is -4.03. The van der Waals surface area contributed by atoms with Crippen LogP contribution in [0.25, 0.3) is 0 Å². The third kappa shape index (κ3) is 3.32. The van der Waals surface area contributed by atoms with Crippen molar-refractivity contribution in [3.05, 3.63) is 22.2 Å². The predicted octanol–water partition coefficient (Wildman–Crippen LogP) is 2.22. The summed E-state index contributed by atoms with van der Waals surface area (Å²) in [4.78, 5) is 10.2. The summed E-state index contributed by atoms with van der Waals surface area (Å²) in [6.45, 7) is 2.54. The lowest BCUT2D eigenvalue weighted by Gasteiger charge is -2.29. The maximum Gasteiger partial charge on any atom is 0.293 e. The summed E-state index contributed by atoms with van der Waals surface area (Å²) in [6, 6.07) is 2.09. The maximum absolute atomic E-state index is 12.7. The number of fused-ring (bicyclic) bond motifs is 1. The third-order valence-electron chi connectivity index (χ3n) is 4.53. The van der Waals surface area contributed by atoms with Crippen LogP contribution in [0.2, 0.25) is 0 Å². The van der Waals surface area contributed by atoms with Gasteiger partial charge in [-0.15, -0.1) is 0 Å². The molecule has 24 heavy (non-hydrogen) atoms. The Morgan fingerprint density at radius 3 is 2.42 bits per heavy atom. The van der Waals surface area contributed by atoms with Crippen LogP contribution in [0.4, 0.5) is 5.69 Å². The van der Waals surface area contributed by atoms with E-state index in [1.807, 2.05) is 6.92 Å². The molecule has 132 valence electrons. The van der Waals surface area contributed by atoms with Crippen LogP contribution in [0, 0.1) is 16.0 Å². The number of nitro groups is 1. The molecule has 2 atom stereocenters. The van der Waals surface area contributed by atoms with Crippen molar-refractivity contribution in [1.29, 1.82) is 0 Å². The van der Waals surface area contributed by atoms with E-state index < -0.39 is 20.6 Å². The number of hydrogen-bond acceptors (Lipinski definition) is 6. The molecule has 1 aromatic carbocycles. The van der Waals surface area contributed by atoms with Crippen LogP contribution < -0.4 is 14.2 Å². The minimum absolute atomic E-state index is 0.193. The minimum atomic E-state index is -4.03. The normalized spacial score (nSPS) is 23.7. The summed E-state index contributed by atoms with van der Waals surface area (Å²) >= 11 is 0. The van der Waals surface area contributed by atoms with Crippen LogP contribution in [-0.4, -0.2) is 32.6 Å². The van der Waals surface area contributed by atoms with Gasteiger partial charge in [0, 0.05) is 12.1 Å². The number of rotatable bonds is 4. The van der Waals surface area contributed by atoms with Gasteiger partial charge in [0.15, 0.2) is 16.4 Å². The highest BCUT2D eigenvalue weighted by atomic mass is 32.2. The Balaban J connectivity index is 1.98. The van der Waals surface area contributed by atoms with Crippen molar-refractivity contribution in [2.24, 2.45) is 5.92 Å². The van der Waals surface area contributed by atoms with Gasteiger partial charge in [-0.2, -0.15) is 0 Å². The number of hydrogen-bond donors (Lipinski definition) is 1. The van der Waals surface area contributed by atoms with Crippen molar-refractivity contribution in [2.75, 3.05) is 13.2 Å². The quantitative estimate of drug-likeness (QED) is 0.655. The van der Waals surface area contributed by atoms with Crippen LogP contribution in [0.1, 0.15) is 32.6 Å². The predicted molar refractivity (Wildman–Crippen MR) is 85.8 cm³/mol. The highest BCUT2D eigenvalue weighted by Crippen LogP contribution is 2.39. The smallest absolute Gasteiger partial charge is 0.293 e. The fraction of sp³-hybridized carbons (Fsp3) is 0.600. The lowest BCUT2D eigenvalue weighted by atomic mass is 9.87. The molecule has 1 aromatic rings. The Hall–Kier alpha value is -1.87. The number of nitrogens with one attached hydrogen (secondary N) is 1. The van der Waals surface area contributed by atoms with E-state index >= 15 is 0 Å². The molecular formula is C15H20N2O6S. The third-order valence-corrected chi connectivity index (χ3v) is 6.05. The maximum atomic E-state index is 12.7. The van der Waals surface area contributed by atoms with Gasteiger partial charge in [-0.3, -0.25) is 10.1 Å². The molecule has 3 rings (SSSR count). The average molecular weight is 356 g/mol. The van der Waals surface area contributed by atoms with Gasteiger partial charge in [0.2, 0.25) is 10.0 Å². The molecular weight excluding hydrogens is 336 g/mol. The van der Waals surface area contributed by atoms with Gasteiger partial charge < -0.3 is 9.47 Å². The van der Waals surface area contributed by atoms with Crippen LogP contribution in [-0.2, 0) is 10.0 Å². The van der Waals surface area contributed by atoms with E-state index in [1.165, 1.54) is 6.07 Å². The molecule has 0 bridgehead atoms. The Morgan fingerprint density at radius 1 is 1.17 bits per heavy atom. The molecule has 0 unspecified atom stereocenters. The van der Waals surface area contributed by atoms with Crippen LogP contribution >= 0.6 is 0 Å². The number of benzene rings is 1. The molecule has 9 heteroatoms. The number of ether oxygens (including phenoxy) is 2. The average Bonchev–Trinajstić information content (AvgIpc) is 2.55. The fourth-order valence-corrected chi connectivity index (χ4v) is 4.72. The first-order chi connectivity index (χ1) is 11.4. The van der Waals surface area contributed by atoms with Gasteiger partial charge in [0.25, 0.3) is 5.69 Å². The highest BCUT2D eigenvalue weighted by Gasteiger charge is 2.33. The van der Waals surface area contributed by atoms with E-state index in [-0.39, 0.29) is 41.6 Å². The zero-order valence-corrected chi connectivity index (χ0v) is 14.2. The molecule has 1 fully saturated rings. The van der Waals surface area contributed by atoms with Crippen LogP contribution in [0.5, 0.6) is 11.5 Å². The molecule has 0 saturated heterocycles. The Kier molecular flexibility index (Phi) is 4.64. The molecule has 1 N–H and O–H groups in total. The van der Waals surface area contributed by atoms with E-state index in [4.69, 9.17) is 9.47 Å². The van der Waals surface area contributed by atoms with Gasteiger partial charge in [-0.25, -0.2) is 13.1 Å². The SMILES string of the molecule is C[C@@H]1CCCC[C@@H]1NS(=O)(=O)c1cc2c(cc1[N+](=O)[O-])OCCO2. The van der Waals surface area contributed by atoms with Gasteiger partial charge in [0.1, 0.15) is 13.2 Å². The highest BCUT2D eigenvalue weighted by molar-refractivity contribution is 7.89. The van der Waals surface area contributed by atoms with Crippen molar-refractivity contribution in [3.8, 4) is 11.5 Å². The molecule has 0 spiro atoms. The van der Waals surface area contributed by atoms with Gasteiger partial charge in [0.05, 0.1) is 11.0 Å². The molecule has 8 nitrogen and oxygen atoms in total. The van der Waals surface area contributed by atoms with E-state index in [9.17, 15) is 18.5 Å². The van der Waals surface area contributed by atoms with E-state index in [0.717, 1.165) is 31.7 Å². The van der Waals surface area contributed by atoms with Crippen LogP contribution in [0.15, 0.2) is 17.0 Å². The molecule has 0 radical (unpaired) electrons. The van der Waals surface area contributed by atoms with Crippen molar-refractivity contribution < 1.29 is 22.8 Å². The minimum Gasteiger partial charge on any atom is -0.486 e. The summed E-state index contributed by atoms with van der Waals surface area (Å²) in [5.41, 5.74) is -0.504. The zero-order valence-electron chi connectivity index (χ0n) is 13.4. The molecule has 1 aliphatic carbocycles. The monoisotopic (exact) mass is 356 g/mol. The van der Waals surface area contributed by atoms with Crippen molar-refractivity contribution >= 4 is 15.7 Å².